The molecule has 0 saturated carbocycles. The van der Waals surface area contributed by atoms with E-state index in [1.165, 1.54) is 11.8 Å². The summed E-state index contributed by atoms with van der Waals surface area (Å²) in [4.78, 5) is 18.4. The van der Waals surface area contributed by atoms with Crippen LogP contribution >= 0.6 is 11.8 Å². The van der Waals surface area contributed by atoms with E-state index in [0.717, 1.165) is 11.3 Å². The molecule has 1 amide bonds. The van der Waals surface area contributed by atoms with E-state index in [0.29, 0.717) is 11.1 Å². The first-order valence-electron chi connectivity index (χ1n) is 7.89. The van der Waals surface area contributed by atoms with E-state index in [1.54, 1.807) is 23.4 Å². The van der Waals surface area contributed by atoms with Crippen LogP contribution in [0.25, 0.3) is 11.5 Å². The molecule has 25 heavy (non-hydrogen) atoms. The number of benzene rings is 1. The van der Waals surface area contributed by atoms with Crippen LogP contribution in [0.2, 0.25) is 0 Å². The average molecular weight is 354 g/mol. The highest BCUT2D eigenvalue weighted by molar-refractivity contribution is 7.99. The molecule has 128 valence electrons. The lowest BCUT2D eigenvalue weighted by Crippen LogP contribution is -2.38. The summed E-state index contributed by atoms with van der Waals surface area (Å²) in [6.45, 7) is 3.98. The van der Waals surface area contributed by atoms with Gasteiger partial charge in [-0.1, -0.05) is 30.0 Å². The summed E-state index contributed by atoms with van der Waals surface area (Å²) < 4.78 is 5.60. The fourth-order valence-electron chi connectivity index (χ4n) is 2.39. The zero-order valence-corrected chi connectivity index (χ0v) is 14.8. The van der Waals surface area contributed by atoms with E-state index in [-0.39, 0.29) is 17.7 Å². The second-order valence-electron chi connectivity index (χ2n) is 5.60. The minimum Gasteiger partial charge on any atom is -0.411 e. The van der Waals surface area contributed by atoms with Crippen LogP contribution in [-0.2, 0) is 4.79 Å². The first kappa shape index (κ1) is 17.2. The molecule has 0 aliphatic carbocycles. The van der Waals surface area contributed by atoms with Crippen molar-refractivity contribution in [2.75, 3.05) is 10.7 Å². The third-order valence-corrected chi connectivity index (χ3v) is 4.26. The molecule has 0 atom stereocenters. The molecule has 2 aromatic heterocycles. The standard InChI is InChI=1S/C18H18N4O2S/c1-13(2)22(15-8-4-3-5-9-15)16(23)12-25-18-21-20-17(24-18)14-7-6-10-19-11-14/h3-11,13H,12H2,1-2H3. The maximum Gasteiger partial charge on any atom is 0.277 e. The van der Waals surface area contributed by atoms with E-state index in [1.807, 2.05) is 50.2 Å². The predicted octanol–water partition coefficient (Wildman–Crippen LogP) is 3.67. The van der Waals surface area contributed by atoms with Crippen molar-refractivity contribution in [1.29, 1.82) is 0 Å². The Bertz CT molecular complexity index is 821. The number of amides is 1. The smallest absolute Gasteiger partial charge is 0.277 e. The van der Waals surface area contributed by atoms with Crippen LogP contribution in [0.5, 0.6) is 0 Å². The second kappa shape index (κ2) is 7.94. The van der Waals surface area contributed by atoms with Gasteiger partial charge in [0, 0.05) is 24.1 Å². The predicted molar refractivity (Wildman–Crippen MR) is 97.3 cm³/mol. The van der Waals surface area contributed by atoms with Crippen LogP contribution in [0.4, 0.5) is 5.69 Å². The van der Waals surface area contributed by atoms with E-state index < -0.39 is 0 Å². The number of anilines is 1. The topological polar surface area (TPSA) is 72.1 Å². The van der Waals surface area contributed by atoms with Gasteiger partial charge in [-0.2, -0.15) is 0 Å². The lowest BCUT2D eigenvalue weighted by atomic mass is 10.2. The Morgan fingerprint density at radius 2 is 1.96 bits per heavy atom. The van der Waals surface area contributed by atoms with Gasteiger partial charge in [0.15, 0.2) is 0 Å². The van der Waals surface area contributed by atoms with Gasteiger partial charge < -0.3 is 9.32 Å². The molecule has 2 heterocycles. The fourth-order valence-corrected chi connectivity index (χ4v) is 3.01. The molecular weight excluding hydrogens is 336 g/mol. The van der Waals surface area contributed by atoms with Gasteiger partial charge in [0.05, 0.1) is 11.3 Å². The number of nitrogens with zero attached hydrogens (tertiary/aromatic N) is 4. The van der Waals surface area contributed by atoms with Crippen LogP contribution < -0.4 is 4.90 Å². The van der Waals surface area contributed by atoms with Gasteiger partial charge in [-0.3, -0.25) is 9.78 Å². The number of hydrogen-bond acceptors (Lipinski definition) is 6. The van der Waals surface area contributed by atoms with Gasteiger partial charge in [-0.15, -0.1) is 10.2 Å². The van der Waals surface area contributed by atoms with E-state index in [4.69, 9.17) is 4.42 Å². The zero-order valence-electron chi connectivity index (χ0n) is 14.0. The molecule has 3 rings (SSSR count). The zero-order chi connectivity index (χ0) is 17.6. The van der Waals surface area contributed by atoms with Crippen molar-refractivity contribution in [3.8, 4) is 11.5 Å². The van der Waals surface area contributed by atoms with Crippen molar-refractivity contribution in [3.05, 3.63) is 54.9 Å². The quantitative estimate of drug-likeness (QED) is 0.629. The number of carbonyl (C=O) groups excluding carboxylic acids is 1. The normalized spacial score (nSPS) is 10.8. The fraction of sp³-hybridized carbons (Fsp3) is 0.222. The number of thioether (sulfide) groups is 1. The number of hydrogen-bond donors (Lipinski definition) is 0. The third-order valence-electron chi connectivity index (χ3n) is 3.45. The summed E-state index contributed by atoms with van der Waals surface area (Å²) in [5.41, 5.74) is 1.63. The minimum absolute atomic E-state index is 0.00710. The molecule has 0 spiro atoms. The molecular formula is C18H18N4O2S. The largest absolute Gasteiger partial charge is 0.411 e. The van der Waals surface area contributed by atoms with E-state index in [2.05, 4.69) is 15.2 Å². The van der Waals surface area contributed by atoms with Gasteiger partial charge in [0.2, 0.25) is 11.8 Å². The van der Waals surface area contributed by atoms with Gasteiger partial charge in [0.1, 0.15) is 0 Å². The van der Waals surface area contributed by atoms with Crippen molar-refractivity contribution in [2.45, 2.75) is 25.1 Å². The highest BCUT2D eigenvalue weighted by Crippen LogP contribution is 2.24. The summed E-state index contributed by atoms with van der Waals surface area (Å²) in [7, 11) is 0. The lowest BCUT2D eigenvalue weighted by molar-refractivity contribution is -0.116. The van der Waals surface area contributed by atoms with Crippen molar-refractivity contribution >= 4 is 23.4 Å². The molecule has 0 saturated heterocycles. The molecule has 0 N–H and O–H groups in total. The molecule has 6 nitrogen and oxygen atoms in total. The molecule has 0 unspecified atom stereocenters. The van der Waals surface area contributed by atoms with E-state index in [9.17, 15) is 4.79 Å². The molecule has 0 radical (unpaired) electrons. The summed E-state index contributed by atoms with van der Waals surface area (Å²) in [6.07, 6.45) is 3.33. The Labute approximate surface area is 150 Å². The van der Waals surface area contributed by atoms with Crippen LogP contribution in [0.3, 0.4) is 0 Å². The van der Waals surface area contributed by atoms with Crippen LogP contribution in [-0.4, -0.2) is 32.9 Å². The lowest BCUT2D eigenvalue weighted by Gasteiger charge is -2.26. The Hall–Kier alpha value is -2.67. The van der Waals surface area contributed by atoms with Crippen molar-refractivity contribution < 1.29 is 9.21 Å². The third kappa shape index (κ3) is 4.24. The molecule has 0 aliphatic rings. The van der Waals surface area contributed by atoms with E-state index >= 15 is 0 Å². The Morgan fingerprint density at radius 3 is 2.64 bits per heavy atom. The molecule has 3 aromatic rings. The van der Waals surface area contributed by atoms with Crippen molar-refractivity contribution in [2.24, 2.45) is 0 Å². The number of para-hydroxylation sites is 1. The van der Waals surface area contributed by atoms with Gasteiger partial charge >= 0.3 is 0 Å². The van der Waals surface area contributed by atoms with Crippen molar-refractivity contribution in [3.63, 3.8) is 0 Å². The van der Waals surface area contributed by atoms with Gasteiger partial charge in [-0.25, -0.2) is 0 Å². The summed E-state index contributed by atoms with van der Waals surface area (Å²) in [5, 5.41) is 8.35. The minimum atomic E-state index is -0.00710. The maximum atomic E-state index is 12.6. The Kier molecular flexibility index (Phi) is 5.45. The highest BCUT2D eigenvalue weighted by atomic mass is 32.2. The molecule has 0 fully saturated rings. The highest BCUT2D eigenvalue weighted by Gasteiger charge is 2.20. The summed E-state index contributed by atoms with van der Waals surface area (Å²) in [5.74, 6) is 0.612. The summed E-state index contributed by atoms with van der Waals surface area (Å²) >= 11 is 1.23. The van der Waals surface area contributed by atoms with Crippen molar-refractivity contribution in [1.82, 2.24) is 15.2 Å². The summed E-state index contributed by atoms with van der Waals surface area (Å²) in [6, 6.07) is 13.3. The van der Waals surface area contributed by atoms with Crippen LogP contribution in [0.1, 0.15) is 13.8 Å². The molecule has 7 heteroatoms. The SMILES string of the molecule is CC(C)N(C(=O)CSc1nnc(-c2cccnc2)o1)c1ccccc1. The molecule has 0 bridgehead atoms. The number of carbonyl (C=O) groups is 1. The average Bonchev–Trinajstić information content (AvgIpc) is 3.10. The van der Waals surface area contributed by atoms with Gasteiger partial charge in [-0.05, 0) is 38.1 Å². The number of aromatic nitrogens is 3. The number of pyridine rings is 1. The Balaban J connectivity index is 1.66. The second-order valence-corrected chi connectivity index (χ2v) is 6.52. The molecule has 1 aromatic carbocycles. The number of rotatable bonds is 6. The van der Waals surface area contributed by atoms with Crippen LogP contribution in [0.15, 0.2) is 64.5 Å². The first-order valence-corrected chi connectivity index (χ1v) is 8.87. The maximum absolute atomic E-state index is 12.6. The molecule has 0 aliphatic heterocycles. The van der Waals surface area contributed by atoms with Crippen LogP contribution in [0, 0.1) is 0 Å². The Morgan fingerprint density at radius 1 is 1.16 bits per heavy atom. The first-order chi connectivity index (χ1) is 12.1. The van der Waals surface area contributed by atoms with Gasteiger partial charge in [0.25, 0.3) is 5.22 Å². The monoisotopic (exact) mass is 354 g/mol.